The van der Waals surface area contributed by atoms with Gasteiger partial charge in [-0.1, -0.05) is 27.7 Å². The Hall–Kier alpha value is -0.510. The fourth-order valence-electron chi connectivity index (χ4n) is 2.22. The Balaban J connectivity index is 3.17. The zero-order valence-corrected chi connectivity index (χ0v) is 11.1. The quantitative estimate of drug-likeness (QED) is 0.747. The Morgan fingerprint density at radius 2 is 1.67 bits per heavy atom. The molecule has 1 rings (SSSR count). The lowest BCUT2D eigenvalue weighted by Gasteiger charge is -2.23. The molecular formula is C11H21NO2S. The van der Waals surface area contributed by atoms with Crippen LogP contribution in [-0.2, 0) is 10.0 Å². The molecule has 0 aliphatic carbocycles. The molecule has 0 N–H and O–H groups in total. The molecule has 0 spiro atoms. The lowest BCUT2D eigenvalue weighted by molar-refractivity contribution is 0.471. The average molecular weight is 231 g/mol. The van der Waals surface area contributed by atoms with Crippen LogP contribution in [0.5, 0.6) is 0 Å². The molecule has 0 radical (unpaired) electrons. The van der Waals surface area contributed by atoms with E-state index in [1.807, 2.05) is 0 Å². The lowest BCUT2D eigenvalue weighted by Crippen LogP contribution is -2.28. The van der Waals surface area contributed by atoms with Crippen molar-refractivity contribution in [3.8, 4) is 0 Å². The minimum absolute atomic E-state index is 0.277. The van der Waals surface area contributed by atoms with Crippen LogP contribution in [0.1, 0.15) is 34.1 Å². The summed E-state index contributed by atoms with van der Waals surface area (Å²) >= 11 is 0. The molecule has 0 atom stereocenters. The summed E-state index contributed by atoms with van der Waals surface area (Å²) in [6.45, 7) is 9.00. The molecule has 0 aromatic heterocycles. The molecule has 0 amide bonds. The normalized spacial score (nSPS) is 18.5. The lowest BCUT2D eigenvalue weighted by atomic mass is 9.96. The van der Waals surface area contributed by atoms with E-state index in [1.54, 1.807) is 4.31 Å². The summed E-state index contributed by atoms with van der Waals surface area (Å²) in [4.78, 5) is 0. The van der Waals surface area contributed by atoms with E-state index >= 15 is 0 Å². The van der Waals surface area contributed by atoms with E-state index < -0.39 is 10.0 Å². The molecule has 1 aliphatic rings. The first-order valence-electron chi connectivity index (χ1n) is 5.45. The van der Waals surface area contributed by atoms with Crippen LogP contribution in [0, 0.1) is 11.8 Å². The van der Waals surface area contributed by atoms with E-state index in [0.29, 0.717) is 12.5 Å². The topological polar surface area (TPSA) is 37.4 Å². The summed E-state index contributed by atoms with van der Waals surface area (Å²) in [5, 5.41) is 0. The molecule has 1 aliphatic heterocycles. The van der Waals surface area contributed by atoms with Crippen LogP contribution in [0.25, 0.3) is 0 Å². The Morgan fingerprint density at radius 1 is 1.13 bits per heavy atom. The van der Waals surface area contributed by atoms with Crippen molar-refractivity contribution >= 4 is 10.0 Å². The van der Waals surface area contributed by atoms with Crippen molar-refractivity contribution in [1.82, 2.24) is 4.31 Å². The number of hydrogen-bond acceptors (Lipinski definition) is 2. The molecule has 3 nitrogen and oxygen atoms in total. The first-order valence-corrected chi connectivity index (χ1v) is 7.30. The third-order valence-electron chi connectivity index (χ3n) is 2.83. The first-order chi connectivity index (χ1) is 6.75. The summed E-state index contributed by atoms with van der Waals surface area (Å²) in [6, 6.07) is 0. The van der Waals surface area contributed by atoms with Crippen LogP contribution in [0.15, 0.2) is 11.3 Å². The Bertz CT molecular complexity index is 366. The third kappa shape index (κ3) is 2.54. The van der Waals surface area contributed by atoms with Gasteiger partial charge in [-0.25, -0.2) is 8.42 Å². The Kier molecular flexibility index (Phi) is 3.48. The van der Waals surface area contributed by atoms with E-state index in [0.717, 1.165) is 12.1 Å². The van der Waals surface area contributed by atoms with Crippen LogP contribution in [-0.4, -0.2) is 25.5 Å². The van der Waals surface area contributed by atoms with Crippen LogP contribution in [0.4, 0.5) is 0 Å². The number of allylic oxidation sites excluding steroid dienone is 1. The SMILES string of the molecule is CC(C)C1=C(C(C)C)N(S(C)(=O)=O)CC1. The molecule has 0 aromatic carbocycles. The third-order valence-corrected chi connectivity index (χ3v) is 4.01. The van der Waals surface area contributed by atoms with Crippen molar-refractivity contribution in [2.75, 3.05) is 12.8 Å². The minimum atomic E-state index is -3.09. The number of sulfonamides is 1. The van der Waals surface area contributed by atoms with Gasteiger partial charge in [0.15, 0.2) is 0 Å². The van der Waals surface area contributed by atoms with E-state index in [1.165, 1.54) is 11.8 Å². The molecule has 1 heterocycles. The molecule has 4 heteroatoms. The molecule has 0 saturated heterocycles. The fraction of sp³-hybridized carbons (Fsp3) is 0.818. The molecule has 88 valence electrons. The van der Waals surface area contributed by atoms with Gasteiger partial charge in [-0.3, -0.25) is 4.31 Å². The van der Waals surface area contributed by atoms with Gasteiger partial charge in [-0.15, -0.1) is 0 Å². The van der Waals surface area contributed by atoms with Crippen LogP contribution >= 0.6 is 0 Å². The summed E-state index contributed by atoms with van der Waals surface area (Å²) in [6.07, 6.45) is 2.18. The Labute approximate surface area is 93.2 Å². The maximum absolute atomic E-state index is 11.6. The highest BCUT2D eigenvalue weighted by atomic mass is 32.2. The van der Waals surface area contributed by atoms with Crippen molar-refractivity contribution < 1.29 is 8.42 Å². The number of rotatable bonds is 3. The first kappa shape index (κ1) is 12.6. The zero-order chi connectivity index (χ0) is 11.8. The summed E-state index contributed by atoms with van der Waals surface area (Å²) < 4.78 is 24.8. The zero-order valence-electron chi connectivity index (χ0n) is 10.2. The maximum Gasteiger partial charge on any atom is 0.232 e. The maximum atomic E-state index is 11.6. The molecular weight excluding hydrogens is 210 g/mol. The number of hydrogen-bond donors (Lipinski definition) is 0. The van der Waals surface area contributed by atoms with Crippen LogP contribution in [0.3, 0.4) is 0 Å². The van der Waals surface area contributed by atoms with Crippen molar-refractivity contribution in [3.63, 3.8) is 0 Å². The van der Waals surface area contributed by atoms with E-state index in [9.17, 15) is 8.42 Å². The van der Waals surface area contributed by atoms with Gasteiger partial charge < -0.3 is 0 Å². The van der Waals surface area contributed by atoms with E-state index in [2.05, 4.69) is 27.7 Å². The second-order valence-corrected chi connectivity index (χ2v) is 6.71. The predicted molar refractivity (Wildman–Crippen MR) is 62.9 cm³/mol. The number of nitrogens with zero attached hydrogens (tertiary/aromatic N) is 1. The van der Waals surface area contributed by atoms with Gasteiger partial charge in [0.05, 0.1) is 6.26 Å². The smallest absolute Gasteiger partial charge is 0.232 e. The molecule has 0 bridgehead atoms. The summed E-state index contributed by atoms with van der Waals surface area (Å²) in [7, 11) is -3.09. The summed E-state index contributed by atoms with van der Waals surface area (Å²) in [5.74, 6) is 0.716. The van der Waals surface area contributed by atoms with Crippen molar-refractivity contribution in [2.45, 2.75) is 34.1 Å². The van der Waals surface area contributed by atoms with Gasteiger partial charge >= 0.3 is 0 Å². The van der Waals surface area contributed by atoms with Crippen molar-refractivity contribution in [3.05, 3.63) is 11.3 Å². The van der Waals surface area contributed by atoms with Gasteiger partial charge in [0.2, 0.25) is 10.0 Å². The monoisotopic (exact) mass is 231 g/mol. The van der Waals surface area contributed by atoms with Gasteiger partial charge in [-0.2, -0.15) is 0 Å². The Morgan fingerprint density at radius 3 is 2.00 bits per heavy atom. The van der Waals surface area contributed by atoms with Gasteiger partial charge in [0.25, 0.3) is 0 Å². The molecule has 15 heavy (non-hydrogen) atoms. The average Bonchev–Trinajstić information content (AvgIpc) is 2.45. The highest BCUT2D eigenvalue weighted by molar-refractivity contribution is 7.88. The predicted octanol–water partition coefficient (Wildman–Crippen LogP) is 2.22. The highest BCUT2D eigenvalue weighted by Crippen LogP contribution is 2.34. The second kappa shape index (κ2) is 4.16. The molecule has 0 aromatic rings. The van der Waals surface area contributed by atoms with E-state index in [-0.39, 0.29) is 5.92 Å². The van der Waals surface area contributed by atoms with Crippen molar-refractivity contribution in [1.29, 1.82) is 0 Å². The molecule has 0 fully saturated rings. The summed E-state index contributed by atoms with van der Waals surface area (Å²) in [5.41, 5.74) is 2.32. The van der Waals surface area contributed by atoms with Crippen LogP contribution in [0.2, 0.25) is 0 Å². The van der Waals surface area contributed by atoms with Crippen LogP contribution < -0.4 is 0 Å². The molecule has 0 saturated carbocycles. The standard InChI is InChI=1S/C11H21NO2S/c1-8(2)10-6-7-12(15(5,13)14)11(10)9(3)4/h8-9H,6-7H2,1-5H3. The second-order valence-electron chi connectivity index (χ2n) is 4.81. The minimum Gasteiger partial charge on any atom is -0.274 e. The van der Waals surface area contributed by atoms with Gasteiger partial charge in [-0.05, 0) is 23.8 Å². The van der Waals surface area contributed by atoms with Crippen molar-refractivity contribution in [2.24, 2.45) is 11.8 Å². The highest BCUT2D eigenvalue weighted by Gasteiger charge is 2.31. The van der Waals surface area contributed by atoms with Gasteiger partial charge in [0, 0.05) is 12.2 Å². The van der Waals surface area contributed by atoms with E-state index in [4.69, 9.17) is 0 Å². The largest absolute Gasteiger partial charge is 0.274 e. The fourth-order valence-corrected chi connectivity index (χ4v) is 3.33. The molecule has 0 unspecified atom stereocenters. The van der Waals surface area contributed by atoms with Gasteiger partial charge in [0.1, 0.15) is 0 Å².